The van der Waals surface area contributed by atoms with Gasteiger partial charge in [0.25, 0.3) is 0 Å². The molecule has 2 heterocycles. The summed E-state index contributed by atoms with van der Waals surface area (Å²) in [6.45, 7) is 9.52. The molecule has 2 saturated heterocycles. The monoisotopic (exact) mass is 345 g/mol. The summed E-state index contributed by atoms with van der Waals surface area (Å²) in [7, 11) is 0. The second kappa shape index (κ2) is 8.56. The van der Waals surface area contributed by atoms with Crippen molar-refractivity contribution >= 4 is 11.7 Å². The lowest BCUT2D eigenvalue weighted by Gasteiger charge is -2.33. The zero-order valence-electron chi connectivity index (χ0n) is 15.5. The average molecular weight is 345 g/mol. The fourth-order valence-electron chi connectivity index (χ4n) is 3.74. The highest BCUT2D eigenvalue weighted by atomic mass is 16.5. The van der Waals surface area contributed by atoms with E-state index in [0.717, 1.165) is 57.8 Å². The van der Waals surface area contributed by atoms with Crippen LogP contribution in [-0.2, 0) is 4.74 Å². The summed E-state index contributed by atoms with van der Waals surface area (Å²) in [6.07, 6.45) is 3.52. The van der Waals surface area contributed by atoms with E-state index in [9.17, 15) is 4.79 Å². The number of nitrogens with zero attached hydrogens (tertiary/aromatic N) is 2. The number of carbonyl (C=O) groups excluding carboxylic acids is 1. The molecule has 0 radical (unpaired) electrons. The number of rotatable bonds is 4. The molecule has 2 aliphatic heterocycles. The zero-order chi connectivity index (χ0) is 17.6. The van der Waals surface area contributed by atoms with Crippen molar-refractivity contribution in [3.8, 4) is 0 Å². The minimum absolute atomic E-state index is 0.0215. The van der Waals surface area contributed by atoms with Crippen LogP contribution in [0.2, 0.25) is 0 Å². The highest BCUT2D eigenvalue weighted by Gasteiger charge is 2.23. The van der Waals surface area contributed by atoms with E-state index in [-0.39, 0.29) is 12.1 Å². The number of amides is 2. The Morgan fingerprint density at radius 3 is 2.64 bits per heavy atom. The van der Waals surface area contributed by atoms with E-state index in [2.05, 4.69) is 48.3 Å². The van der Waals surface area contributed by atoms with Gasteiger partial charge in [-0.2, -0.15) is 0 Å². The Morgan fingerprint density at radius 2 is 1.96 bits per heavy atom. The third-order valence-electron chi connectivity index (χ3n) is 5.49. The van der Waals surface area contributed by atoms with Crippen LogP contribution in [-0.4, -0.2) is 50.3 Å². The maximum absolute atomic E-state index is 12.6. The van der Waals surface area contributed by atoms with Crippen molar-refractivity contribution in [1.82, 2.24) is 10.2 Å². The van der Waals surface area contributed by atoms with Crippen molar-refractivity contribution in [3.05, 3.63) is 29.8 Å². The Kier molecular flexibility index (Phi) is 6.19. The van der Waals surface area contributed by atoms with Gasteiger partial charge in [-0.3, -0.25) is 0 Å². The van der Waals surface area contributed by atoms with Crippen LogP contribution in [0.5, 0.6) is 0 Å². The third kappa shape index (κ3) is 4.66. The number of benzene rings is 1. The Bertz CT molecular complexity index is 555. The summed E-state index contributed by atoms with van der Waals surface area (Å²) >= 11 is 0. The third-order valence-corrected chi connectivity index (χ3v) is 5.49. The molecule has 5 heteroatoms. The van der Waals surface area contributed by atoms with Gasteiger partial charge in [-0.15, -0.1) is 0 Å². The molecule has 2 atom stereocenters. The number of anilines is 1. The number of carbonyl (C=O) groups is 1. The van der Waals surface area contributed by atoms with Gasteiger partial charge in [0, 0.05) is 31.9 Å². The largest absolute Gasteiger partial charge is 0.378 e. The van der Waals surface area contributed by atoms with Gasteiger partial charge in [0.15, 0.2) is 0 Å². The second-order valence-corrected chi connectivity index (χ2v) is 7.22. The number of hydrogen-bond donors (Lipinski definition) is 1. The lowest BCUT2D eigenvalue weighted by molar-refractivity contribution is 0.122. The quantitative estimate of drug-likeness (QED) is 0.909. The molecule has 138 valence electrons. The van der Waals surface area contributed by atoms with Gasteiger partial charge in [-0.25, -0.2) is 4.79 Å². The molecule has 25 heavy (non-hydrogen) atoms. The van der Waals surface area contributed by atoms with Crippen molar-refractivity contribution in [2.24, 2.45) is 5.92 Å². The van der Waals surface area contributed by atoms with Crippen LogP contribution in [0.25, 0.3) is 0 Å². The van der Waals surface area contributed by atoms with E-state index >= 15 is 0 Å². The predicted octanol–water partition coefficient (Wildman–Crippen LogP) is 3.42. The fraction of sp³-hybridized carbons (Fsp3) is 0.650. The van der Waals surface area contributed by atoms with E-state index in [1.165, 1.54) is 12.1 Å². The van der Waals surface area contributed by atoms with E-state index in [1.54, 1.807) is 0 Å². The average Bonchev–Trinajstić information content (AvgIpc) is 2.68. The number of ether oxygens (including phenoxy) is 1. The number of urea groups is 1. The summed E-state index contributed by atoms with van der Waals surface area (Å²) in [5.74, 6) is 0.655. The van der Waals surface area contributed by atoms with Crippen molar-refractivity contribution in [2.75, 3.05) is 44.3 Å². The number of hydrogen-bond acceptors (Lipinski definition) is 3. The van der Waals surface area contributed by atoms with Gasteiger partial charge < -0.3 is 19.9 Å². The van der Waals surface area contributed by atoms with Crippen molar-refractivity contribution < 1.29 is 9.53 Å². The molecule has 2 aliphatic rings. The first-order valence-corrected chi connectivity index (χ1v) is 9.65. The minimum Gasteiger partial charge on any atom is -0.378 e. The second-order valence-electron chi connectivity index (χ2n) is 7.22. The first-order chi connectivity index (χ1) is 12.2. The van der Waals surface area contributed by atoms with Gasteiger partial charge >= 0.3 is 6.03 Å². The molecule has 0 bridgehead atoms. The lowest BCUT2D eigenvalue weighted by atomic mass is 9.96. The van der Waals surface area contributed by atoms with Crippen LogP contribution in [0.3, 0.4) is 0 Å². The van der Waals surface area contributed by atoms with Gasteiger partial charge in [-0.05, 0) is 43.4 Å². The van der Waals surface area contributed by atoms with Crippen LogP contribution in [0.15, 0.2) is 24.3 Å². The van der Waals surface area contributed by atoms with E-state index in [4.69, 9.17) is 4.74 Å². The molecule has 2 fully saturated rings. The molecule has 0 aromatic heterocycles. The molecular formula is C20H31N3O2. The molecule has 1 aromatic carbocycles. The molecular weight excluding hydrogens is 314 g/mol. The molecule has 0 saturated carbocycles. The van der Waals surface area contributed by atoms with Crippen molar-refractivity contribution in [2.45, 2.75) is 39.2 Å². The van der Waals surface area contributed by atoms with E-state index in [1.807, 2.05) is 4.90 Å². The number of morpholine rings is 1. The van der Waals surface area contributed by atoms with Crippen LogP contribution in [0.1, 0.15) is 44.7 Å². The summed E-state index contributed by atoms with van der Waals surface area (Å²) < 4.78 is 5.41. The van der Waals surface area contributed by atoms with Crippen LogP contribution in [0, 0.1) is 5.92 Å². The maximum atomic E-state index is 12.6. The highest BCUT2D eigenvalue weighted by molar-refractivity contribution is 5.74. The Hall–Kier alpha value is -1.75. The summed E-state index contributed by atoms with van der Waals surface area (Å²) in [6, 6.07) is 8.65. The SMILES string of the molecule is CCC1CCCN(C(=O)NC(C)c2ccc(N3CCOCC3)cc2)C1. The minimum atomic E-state index is 0.0215. The topological polar surface area (TPSA) is 44.8 Å². The molecule has 1 N–H and O–H groups in total. The predicted molar refractivity (Wildman–Crippen MR) is 101 cm³/mol. The Balaban J connectivity index is 1.55. The Labute approximate surface area is 151 Å². The maximum Gasteiger partial charge on any atom is 0.317 e. The van der Waals surface area contributed by atoms with Crippen LogP contribution in [0.4, 0.5) is 10.5 Å². The van der Waals surface area contributed by atoms with Gasteiger partial charge in [0.2, 0.25) is 0 Å². The van der Waals surface area contributed by atoms with E-state index < -0.39 is 0 Å². The molecule has 2 unspecified atom stereocenters. The first-order valence-electron chi connectivity index (χ1n) is 9.65. The standard InChI is InChI=1S/C20H31N3O2/c1-3-17-5-4-10-23(15-17)20(24)21-16(2)18-6-8-19(9-7-18)22-11-13-25-14-12-22/h6-9,16-17H,3-5,10-15H2,1-2H3,(H,21,24). The summed E-state index contributed by atoms with van der Waals surface area (Å²) in [5.41, 5.74) is 2.38. The molecule has 3 rings (SSSR count). The smallest absolute Gasteiger partial charge is 0.317 e. The number of piperidine rings is 1. The molecule has 0 aliphatic carbocycles. The van der Waals surface area contributed by atoms with Crippen molar-refractivity contribution in [3.63, 3.8) is 0 Å². The zero-order valence-corrected chi connectivity index (χ0v) is 15.5. The molecule has 0 spiro atoms. The molecule has 5 nitrogen and oxygen atoms in total. The molecule has 1 aromatic rings. The first kappa shape index (κ1) is 18.1. The Morgan fingerprint density at radius 1 is 1.24 bits per heavy atom. The number of likely N-dealkylation sites (tertiary alicyclic amines) is 1. The lowest BCUT2D eigenvalue weighted by Crippen LogP contribution is -2.46. The van der Waals surface area contributed by atoms with Crippen LogP contribution >= 0.6 is 0 Å². The number of nitrogens with one attached hydrogen (secondary N) is 1. The fourth-order valence-corrected chi connectivity index (χ4v) is 3.74. The van der Waals surface area contributed by atoms with Crippen molar-refractivity contribution in [1.29, 1.82) is 0 Å². The summed E-state index contributed by atoms with van der Waals surface area (Å²) in [5, 5.41) is 3.16. The highest BCUT2D eigenvalue weighted by Crippen LogP contribution is 2.22. The van der Waals surface area contributed by atoms with Gasteiger partial charge in [-0.1, -0.05) is 25.5 Å². The van der Waals surface area contributed by atoms with Crippen LogP contribution < -0.4 is 10.2 Å². The molecule has 2 amide bonds. The van der Waals surface area contributed by atoms with E-state index in [0.29, 0.717) is 5.92 Å². The normalized spacial score (nSPS) is 22.6. The summed E-state index contributed by atoms with van der Waals surface area (Å²) in [4.78, 5) is 16.9. The van der Waals surface area contributed by atoms with Gasteiger partial charge in [0.05, 0.1) is 19.3 Å². The van der Waals surface area contributed by atoms with Gasteiger partial charge in [0.1, 0.15) is 0 Å².